The zero-order valence-electron chi connectivity index (χ0n) is 11.7. The molecule has 104 valence electrons. The molecule has 0 aliphatic heterocycles. The van der Waals surface area contributed by atoms with E-state index in [0.29, 0.717) is 11.7 Å². The van der Waals surface area contributed by atoms with Gasteiger partial charge in [-0.25, -0.2) is 4.98 Å². The summed E-state index contributed by atoms with van der Waals surface area (Å²) in [6.07, 6.45) is 6.42. The minimum Gasteiger partial charge on any atom is -0.244 e. The second kappa shape index (κ2) is 14.0. The van der Waals surface area contributed by atoms with Gasteiger partial charge in [-0.2, -0.15) is 0 Å². The van der Waals surface area contributed by atoms with E-state index in [-0.39, 0.29) is 0 Å². The van der Waals surface area contributed by atoms with E-state index in [9.17, 15) is 0 Å². The molecular formula is C17H9ClN4. The second-order valence-corrected chi connectivity index (χ2v) is 3.53. The summed E-state index contributed by atoms with van der Waals surface area (Å²) in [6, 6.07) is 3.42. The van der Waals surface area contributed by atoms with Gasteiger partial charge in [0.15, 0.2) is 0 Å². The molecule has 0 aromatic carbocycles. The van der Waals surface area contributed by atoms with Gasteiger partial charge in [-0.05, 0) is 71.4 Å². The third-order valence-electron chi connectivity index (χ3n) is 1.68. The highest BCUT2D eigenvalue weighted by molar-refractivity contribution is 6.29. The van der Waals surface area contributed by atoms with E-state index in [0.717, 1.165) is 5.56 Å². The Morgan fingerprint density at radius 1 is 1.18 bits per heavy atom. The topological polar surface area (TPSA) is 61.7 Å². The Balaban J connectivity index is 0.000000401. The van der Waals surface area contributed by atoms with Crippen LogP contribution in [0, 0.1) is 59.7 Å². The highest BCUT2D eigenvalue weighted by atomic mass is 35.5. The summed E-state index contributed by atoms with van der Waals surface area (Å²) >= 11 is 5.53. The van der Waals surface area contributed by atoms with Crippen molar-refractivity contribution in [2.45, 2.75) is 13.5 Å². The molecule has 1 rings (SSSR count). The normalized spacial score (nSPS) is 6.23. The summed E-state index contributed by atoms with van der Waals surface area (Å²) in [5.74, 6) is 22.0. The van der Waals surface area contributed by atoms with Crippen molar-refractivity contribution in [3.05, 3.63) is 39.5 Å². The Bertz CT molecular complexity index is 811. The van der Waals surface area contributed by atoms with Crippen molar-refractivity contribution in [3.63, 3.8) is 0 Å². The smallest absolute Gasteiger partial charge is 0.129 e. The molecule has 22 heavy (non-hydrogen) atoms. The highest BCUT2D eigenvalue weighted by Crippen LogP contribution is 2.05. The standard InChI is InChI=1S/C11H4.C6H5ClN4/c1-3-5-7-9-11-10-8-6-4-2;7-6-2-1-5(3-9-6)4-10-11-8/h1H,2H3;1-3H,4H2. The summed E-state index contributed by atoms with van der Waals surface area (Å²) in [5.41, 5.74) is 8.85. The summed E-state index contributed by atoms with van der Waals surface area (Å²) in [6.45, 7) is 2.03. The predicted molar refractivity (Wildman–Crippen MR) is 87.7 cm³/mol. The first-order chi connectivity index (χ1) is 10.7. The minimum atomic E-state index is 0.320. The van der Waals surface area contributed by atoms with E-state index in [1.807, 2.05) is 0 Å². The lowest BCUT2D eigenvalue weighted by Crippen LogP contribution is -1.81. The molecule has 4 nitrogen and oxygen atoms in total. The van der Waals surface area contributed by atoms with Crippen LogP contribution in [0.25, 0.3) is 10.4 Å². The number of aromatic nitrogens is 1. The Labute approximate surface area is 134 Å². The van der Waals surface area contributed by atoms with Crippen molar-refractivity contribution in [3.8, 4) is 59.7 Å². The second-order valence-electron chi connectivity index (χ2n) is 3.15. The van der Waals surface area contributed by atoms with Gasteiger partial charge in [-0.15, -0.1) is 6.42 Å². The number of nitrogens with zero attached hydrogens (tertiary/aromatic N) is 4. The van der Waals surface area contributed by atoms with Crippen LogP contribution in [0.4, 0.5) is 0 Å². The Morgan fingerprint density at radius 3 is 2.32 bits per heavy atom. The summed E-state index contributed by atoms with van der Waals surface area (Å²) in [7, 11) is 0. The van der Waals surface area contributed by atoms with E-state index in [4.69, 9.17) is 23.6 Å². The first kappa shape index (κ1) is 18.6. The van der Waals surface area contributed by atoms with Crippen molar-refractivity contribution in [2.24, 2.45) is 5.11 Å². The number of terminal acetylenes is 1. The monoisotopic (exact) mass is 304 g/mol. The van der Waals surface area contributed by atoms with Gasteiger partial charge in [0.25, 0.3) is 0 Å². The molecule has 0 aliphatic carbocycles. The molecule has 1 aromatic heterocycles. The van der Waals surface area contributed by atoms with Gasteiger partial charge in [0.1, 0.15) is 5.15 Å². The van der Waals surface area contributed by atoms with Gasteiger partial charge < -0.3 is 0 Å². The molecule has 0 amide bonds. The van der Waals surface area contributed by atoms with Crippen LogP contribution < -0.4 is 0 Å². The maximum atomic E-state index is 7.99. The number of rotatable bonds is 2. The molecule has 0 atom stereocenters. The maximum Gasteiger partial charge on any atom is 0.129 e. The van der Waals surface area contributed by atoms with Gasteiger partial charge >= 0.3 is 0 Å². The van der Waals surface area contributed by atoms with Gasteiger partial charge in [0, 0.05) is 11.1 Å². The van der Waals surface area contributed by atoms with E-state index < -0.39 is 0 Å². The third-order valence-corrected chi connectivity index (χ3v) is 1.90. The van der Waals surface area contributed by atoms with Crippen LogP contribution in [0.3, 0.4) is 0 Å². The molecule has 0 saturated carbocycles. The number of pyridine rings is 1. The molecule has 5 heteroatoms. The molecule has 0 unspecified atom stereocenters. The lowest BCUT2D eigenvalue weighted by Gasteiger charge is -1.92. The molecule has 0 fully saturated rings. The average Bonchev–Trinajstić information content (AvgIpc) is 2.54. The van der Waals surface area contributed by atoms with Crippen molar-refractivity contribution in [2.75, 3.05) is 0 Å². The van der Waals surface area contributed by atoms with Crippen molar-refractivity contribution < 1.29 is 0 Å². The van der Waals surface area contributed by atoms with E-state index in [1.54, 1.807) is 25.3 Å². The van der Waals surface area contributed by atoms with E-state index in [2.05, 4.69) is 68.3 Å². The Kier molecular flexibility index (Phi) is 11.8. The fraction of sp³-hybridized carbons (Fsp3) is 0.118. The van der Waals surface area contributed by atoms with Gasteiger partial charge in [0.05, 0.1) is 6.54 Å². The molecule has 0 N–H and O–H groups in total. The van der Waals surface area contributed by atoms with Crippen LogP contribution in [0.2, 0.25) is 5.15 Å². The van der Waals surface area contributed by atoms with Crippen LogP contribution in [-0.4, -0.2) is 4.98 Å². The number of hydrogen-bond acceptors (Lipinski definition) is 2. The maximum absolute atomic E-state index is 7.99. The highest BCUT2D eigenvalue weighted by Gasteiger charge is 1.90. The fourth-order valence-electron chi connectivity index (χ4n) is 0.868. The quantitative estimate of drug-likeness (QED) is 0.272. The first-order valence-corrected chi connectivity index (χ1v) is 6.11. The lowest BCUT2D eigenvalue weighted by molar-refractivity contribution is 1.03. The van der Waals surface area contributed by atoms with Gasteiger partial charge in [0.2, 0.25) is 0 Å². The predicted octanol–water partition coefficient (Wildman–Crippen LogP) is 3.20. The fourth-order valence-corrected chi connectivity index (χ4v) is 0.980. The molecule has 1 aromatic rings. The van der Waals surface area contributed by atoms with Crippen LogP contribution in [0.5, 0.6) is 0 Å². The number of hydrogen-bond donors (Lipinski definition) is 0. The summed E-state index contributed by atoms with van der Waals surface area (Å²) in [4.78, 5) is 6.43. The SMILES string of the molecule is C#CC#CC#CC#CC#CC.[N-]=[N+]=NCc1ccc(Cl)nc1. The van der Waals surface area contributed by atoms with Crippen molar-refractivity contribution in [1.29, 1.82) is 0 Å². The molecule has 0 aliphatic rings. The minimum absolute atomic E-state index is 0.320. The van der Waals surface area contributed by atoms with Gasteiger partial charge in [-0.1, -0.05) is 28.7 Å². The van der Waals surface area contributed by atoms with E-state index >= 15 is 0 Å². The van der Waals surface area contributed by atoms with Crippen LogP contribution in [0.15, 0.2) is 23.4 Å². The molecule has 0 bridgehead atoms. The van der Waals surface area contributed by atoms with Crippen LogP contribution in [0.1, 0.15) is 12.5 Å². The van der Waals surface area contributed by atoms with E-state index in [1.165, 1.54) is 0 Å². The molecular weight excluding hydrogens is 296 g/mol. The number of halogens is 1. The Morgan fingerprint density at radius 2 is 1.82 bits per heavy atom. The summed E-state index contributed by atoms with van der Waals surface area (Å²) < 4.78 is 0. The van der Waals surface area contributed by atoms with Gasteiger partial charge in [-0.3, -0.25) is 0 Å². The molecule has 0 radical (unpaired) electrons. The first-order valence-electron chi connectivity index (χ1n) is 5.73. The van der Waals surface area contributed by atoms with Crippen molar-refractivity contribution >= 4 is 11.6 Å². The van der Waals surface area contributed by atoms with Crippen molar-refractivity contribution in [1.82, 2.24) is 4.98 Å². The molecule has 0 spiro atoms. The zero-order chi connectivity index (χ0) is 16.5. The Hall–Kier alpha value is -3.45. The zero-order valence-corrected chi connectivity index (χ0v) is 12.4. The van der Waals surface area contributed by atoms with Crippen LogP contribution >= 0.6 is 11.6 Å². The van der Waals surface area contributed by atoms with Crippen LogP contribution in [-0.2, 0) is 6.54 Å². The average molecular weight is 305 g/mol. The summed E-state index contributed by atoms with van der Waals surface area (Å²) in [5, 5.41) is 3.81. The number of azide groups is 1. The molecule has 0 saturated heterocycles. The third kappa shape index (κ3) is 11.6. The lowest BCUT2D eigenvalue weighted by atomic mass is 10.3. The molecule has 1 heterocycles. The largest absolute Gasteiger partial charge is 0.244 e.